The highest BCUT2D eigenvalue weighted by molar-refractivity contribution is 7.15. The lowest BCUT2D eigenvalue weighted by molar-refractivity contribution is 0.102. The number of carbonyl (C=O) groups excluding carboxylic acids is 1. The van der Waals surface area contributed by atoms with Crippen LogP contribution in [0.2, 0.25) is 0 Å². The van der Waals surface area contributed by atoms with E-state index in [0.29, 0.717) is 35.4 Å². The molecule has 0 spiro atoms. The first-order chi connectivity index (χ1) is 9.76. The number of rotatable bonds is 3. The minimum absolute atomic E-state index is 0.235. The number of hydrogen-bond donors (Lipinski definition) is 1. The van der Waals surface area contributed by atoms with Crippen molar-refractivity contribution in [3.8, 4) is 11.5 Å². The molecule has 0 saturated heterocycles. The van der Waals surface area contributed by atoms with Gasteiger partial charge in [-0.05, 0) is 24.6 Å². The molecule has 7 heteroatoms. The van der Waals surface area contributed by atoms with E-state index in [1.54, 1.807) is 18.2 Å². The van der Waals surface area contributed by atoms with Crippen LogP contribution in [0.25, 0.3) is 0 Å². The van der Waals surface area contributed by atoms with E-state index in [9.17, 15) is 4.79 Å². The topological polar surface area (TPSA) is 73.3 Å². The lowest BCUT2D eigenvalue weighted by Crippen LogP contribution is -2.17. The average Bonchev–Trinajstić information content (AvgIpc) is 2.94. The first kappa shape index (κ1) is 12.9. The van der Waals surface area contributed by atoms with Gasteiger partial charge in [-0.1, -0.05) is 18.3 Å². The largest absolute Gasteiger partial charge is 0.486 e. The maximum absolute atomic E-state index is 12.1. The van der Waals surface area contributed by atoms with Crippen LogP contribution in [0.1, 0.15) is 22.3 Å². The van der Waals surface area contributed by atoms with Gasteiger partial charge in [0.05, 0.1) is 0 Å². The summed E-state index contributed by atoms with van der Waals surface area (Å²) in [6.45, 7) is 3.02. The van der Waals surface area contributed by atoms with Crippen molar-refractivity contribution >= 4 is 22.4 Å². The Morgan fingerprint density at radius 1 is 1.30 bits per heavy atom. The van der Waals surface area contributed by atoms with Crippen molar-refractivity contribution in [3.63, 3.8) is 0 Å². The Kier molecular flexibility index (Phi) is 3.51. The van der Waals surface area contributed by atoms with Crippen LogP contribution in [0.15, 0.2) is 18.2 Å². The predicted octanol–water partition coefficient (Wildman–Crippen LogP) is 2.12. The van der Waals surface area contributed by atoms with Gasteiger partial charge in [-0.3, -0.25) is 10.1 Å². The maximum atomic E-state index is 12.1. The highest BCUT2D eigenvalue weighted by Gasteiger charge is 2.16. The molecular weight excluding hydrogens is 278 g/mol. The molecule has 1 amide bonds. The van der Waals surface area contributed by atoms with Crippen LogP contribution in [0.3, 0.4) is 0 Å². The lowest BCUT2D eigenvalue weighted by Gasteiger charge is -2.18. The van der Waals surface area contributed by atoms with Gasteiger partial charge >= 0.3 is 0 Å². The summed E-state index contributed by atoms with van der Waals surface area (Å²) in [5.74, 6) is 1.02. The Labute approximate surface area is 119 Å². The van der Waals surface area contributed by atoms with Crippen molar-refractivity contribution in [1.29, 1.82) is 0 Å². The van der Waals surface area contributed by atoms with E-state index < -0.39 is 0 Å². The van der Waals surface area contributed by atoms with Gasteiger partial charge in [-0.2, -0.15) is 0 Å². The molecule has 1 N–H and O–H groups in total. The van der Waals surface area contributed by atoms with Crippen molar-refractivity contribution in [2.75, 3.05) is 18.5 Å². The zero-order valence-corrected chi connectivity index (χ0v) is 11.7. The third-order valence-corrected chi connectivity index (χ3v) is 3.78. The summed E-state index contributed by atoms with van der Waals surface area (Å²) in [5, 5.41) is 12.0. The molecule has 0 saturated carbocycles. The Bertz CT molecular complexity index is 642. The second-order valence-electron chi connectivity index (χ2n) is 4.17. The first-order valence-corrected chi connectivity index (χ1v) is 7.11. The van der Waals surface area contributed by atoms with E-state index in [-0.39, 0.29) is 5.91 Å². The third-order valence-electron chi connectivity index (χ3n) is 2.79. The van der Waals surface area contributed by atoms with Crippen LogP contribution in [0.5, 0.6) is 11.5 Å². The number of anilines is 1. The van der Waals surface area contributed by atoms with Crippen molar-refractivity contribution in [3.05, 3.63) is 28.8 Å². The molecule has 1 aliphatic rings. The minimum Gasteiger partial charge on any atom is -0.486 e. The summed E-state index contributed by atoms with van der Waals surface area (Å²) in [6.07, 6.45) is 0.803. The smallest absolute Gasteiger partial charge is 0.257 e. The summed E-state index contributed by atoms with van der Waals surface area (Å²) in [4.78, 5) is 12.1. The molecule has 3 rings (SSSR count). The van der Waals surface area contributed by atoms with Crippen molar-refractivity contribution in [2.24, 2.45) is 0 Å². The van der Waals surface area contributed by atoms with E-state index in [2.05, 4.69) is 15.5 Å². The standard InChI is InChI=1S/C13H13N3O3S/c1-2-11-15-16-13(20-11)14-12(17)8-3-4-9-10(7-8)19-6-5-18-9/h3-4,7H,2,5-6H2,1H3,(H,14,16,17). The van der Waals surface area contributed by atoms with E-state index in [1.807, 2.05) is 6.92 Å². The predicted molar refractivity (Wildman–Crippen MR) is 74.7 cm³/mol. The molecule has 2 aromatic rings. The van der Waals surface area contributed by atoms with Gasteiger partial charge in [0, 0.05) is 5.56 Å². The number of nitrogens with one attached hydrogen (secondary N) is 1. The zero-order valence-electron chi connectivity index (χ0n) is 10.9. The van der Waals surface area contributed by atoms with Crippen molar-refractivity contribution in [1.82, 2.24) is 10.2 Å². The number of fused-ring (bicyclic) bond motifs is 1. The summed E-state index contributed by atoms with van der Waals surface area (Å²) >= 11 is 1.37. The molecule has 0 atom stereocenters. The Morgan fingerprint density at radius 2 is 2.10 bits per heavy atom. The molecule has 6 nitrogen and oxygen atoms in total. The molecule has 0 fully saturated rings. The van der Waals surface area contributed by atoms with Gasteiger partial charge < -0.3 is 9.47 Å². The molecule has 1 aromatic heterocycles. The van der Waals surface area contributed by atoms with E-state index in [4.69, 9.17) is 9.47 Å². The van der Waals surface area contributed by atoms with Gasteiger partial charge in [0.1, 0.15) is 18.2 Å². The van der Waals surface area contributed by atoms with Gasteiger partial charge in [0.25, 0.3) is 5.91 Å². The van der Waals surface area contributed by atoms with Gasteiger partial charge in [0.15, 0.2) is 11.5 Å². The van der Waals surface area contributed by atoms with E-state index >= 15 is 0 Å². The quantitative estimate of drug-likeness (QED) is 0.937. The fourth-order valence-corrected chi connectivity index (χ4v) is 2.48. The van der Waals surface area contributed by atoms with Gasteiger partial charge in [-0.25, -0.2) is 0 Å². The minimum atomic E-state index is -0.235. The number of ether oxygens (including phenoxy) is 2. The van der Waals surface area contributed by atoms with Crippen LogP contribution < -0.4 is 14.8 Å². The van der Waals surface area contributed by atoms with Gasteiger partial charge in [-0.15, -0.1) is 10.2 Å². The van der Waals surface area contributed by atoms with Gasteiger partial charge in [0.2, 0.25) is 5.13 Å². The summed E-state index contributed by atoms with van der Waals surface area (Å²) in [6, 6.07) is 5.11. The van der Waals surface area contributed by atoms with E-state index in [0.717, 1.165) is 11.4 Å². The highest BCUT2D eigenvalue weighted by Crippen LogP contribution is 2.31. The molecule has 0 unspecified atom stereocenters. The second kappa shape index (κ2) is 5.46. The van der Waals surface area contributed by atoms with Crippen LogP contribution in [-0.4, -0.2) is 29.3 Å². The fraction of sp³-hybridized carbons (Fsp3) is 0.308. The number of aromatic nitrogens is 2. The maximum Gasteiger partial charge on any atom is 0.257 e. The summed E-state index contributed by atoms with van der Waals surface area (Å²) in [5.41, 5.74) is 0.502. The van der Waals surface area contributed by atoms with E-state index in [1.165, 1.54) is 11.3 Å². The van der Waals surface area contributed by atoms with Crippen molar-refractivity contribution < 1.29 is 14.3 Å². The SMILES string of the molecule is CCc1nnc(NC(=O)c2ccc3c(c2)OCCO3)s1. The summed E-state index contributed by atoms with van der Waals surface area (Å²) in [7, 11) is 0. The number of carbonyl (C=O) groups is 1. The third kappa shape index (κ3) is 2.57. The first-order valence-electron chi connectivity index (χ1n) is 6.29. The molecule has 1 aliphatic heterocycles. The van der Waals surface area contributed by atoms with Crippen LogP contribution in [0.4, 0.5) is 5.13 Å². The highest BCUT2D eigenvalue weighted by atomic mass is 32.1. The average molecular weight is 291 g/mol. The normalized spacial score (nSPS) is 13.1. The number of benzene rings is 1. The van der Waals surface area contributed by atoms with Crippen LogP contribution >= 0.6 is 11.3 Å². The molecular formula is C13H13N3O3S. The van der Waals surface area contributed by atoms with Crippen LogP contribution in [-0.2, 0) is 6.42 Å². The molecule has 0 bridgehead atoms. The molecule has 1 aromatic carbocycles. The Morgan fingerprint density at radius 3 is 2.85 bits per heavy atom. The zero-order chi connectivity index (χ0) is 13.9. The Hall–Kier alpha value is -2.15. The summed E-state index contributed by atoms with van der Waals surface area (Å²) < 4.78 is 10.9. The lowest BCUT2D eigenvalue weighted by atomic mass is 10.2. The molecule has 2 heterocycles. The van der Waals surface area contributed by atoms with Crippen molar-refractivity contribution in [2.45, 2.75) is 13.3 Å². The molecule has 0 aliphatic carbocycles. The van der Waals surface area contributed by atoms with Crippen LogP contribution in [0, 0.1) is 0 Å². The molecule has 0 radical (unpaired) electrons. The number of aryl methyl sites for hydroxylation is 1. The number of hydrogen-bond acceptors (Lipinski definition) is 6. The Balaban J connectivity index is 1.76. The molecule has 104 valence electrons. The molecule has 20 heavy (non-hydrogen) atoms. The second-order valence-corrected chi connectivity index (χ2v) is 5.23. The fourth-order valence-electron chi connectivity index (χ4n) is 1.80. The monoisotopic (exact) mass is 291 g/mol. The number of amides is 1. The number of nitrogens with zero attached hydrogens (tertiary/aromatic N) is 2.